The lowest BCUT2D eigenvalue weighted by Gasteiger charge is -2.36. The van der Waals surface area contributed by atoms with Crippen LogP contribution in [-0.4, -0.2) is 55.2 Å². The molecule has 0 bridgehead atoms. The van der Waals surface area contributed by atoms with Gasteiger partial charge in [-0.15, -0.1) is 0 Å². The van der Waals surface area contributed by atoms with Gasteiger partial charge in [-0.05, 0) is 65.5 Å². The molecule has 1 saturated carbocycles. The maximum absolute atomic E-state index is 13.0. The van der Waals surface area contributed by atoms with Crippen LogP contribution in [0.1, 0.15) is 81.3 Å². The molecule has 0 N–H and O–H groups in total. The standard InChI is InChI=1S/C25H29N7O2/c1-15(19-8-6-12-31(19)2)32-24-17(18(13-26)29-32)14-27-23(28-24)21-16-7-5-11-25(22(16)34-30-21)10-4-3-9-20(25)33/h14-15,19H,3-12H2,1-2H3/t15-,19-,25+/m0/s1. The van der Waals surface area contributed by atoms with Crippen molar-refractivity contribution in [1.29, 1.82) is 5.26 Å². The summed E-state index contributed by atoms with van der Waals surface area (Å²) in [7, 11) is 2.13. The topological polar surface area (TPSA) is 114 Å². The lowest BCUT2D eigenvalue weighted by molar-refractivity contribution is -0.128. The minimum atomic E-state index is -0.529. The number of likely N-dealkylation sites (N-methyl/N-ethyl adjacent to an activating group) is 1. The minimum Gasteiger partial charge on any atom is -0.359 e. The van der Waals surface area contributed by atoms with Gasteiger partial charge in [-0.3, -0.25) is 4.79 Å². The molecule has 3 aromatic rings. The molecule has 176 valence electrons. The van der Waals surface area contributed by atoms with Crippen LogP contribution in [0.3, 0.4) is 0 Å². The molecule has 34 heavy (non-hydrogen) atoms. The van der Waals surface area contributed by atoms with E-state index in [1.807, 2.05) is 4.68 Å². The van der Waals surface area contributed by atoms with Crippen molar-refractivity contribution in [3.8, 4) is 17.6 Å². The van der Waals surface area contributed by atoms with E-state index in [-0.39, 0.29) is 11.8 Å². The molecule has 1 spiro atoms. The van der Waals surface area contributed by atoms with E-state index in [1.165, 1.54) is 0 Å². The number of likely N-dealkylation sites (tertiary alicyclic amines) is 1. The molecular weight excluding hydrogens is 430 g/mol. The zero-order valence-corrected chi connectivity index (χ0v) is 19.8. The highest BCUT2D eigenvalue weighted by Gasteiger charge is 2.48. The summed E-state index contributed by atoms with van der Waals surface area (Å²) in [6.45, 7) is 3.20. The second-order valence-electron chi connectivity index (χ2n) is 10.2. The summed E-state index contributed by atoms with van der Waals surface area (Å²) in [4.78, 5) is 24.8. The number of hydrogen-bond acceptors (Lipinski definition) is 8. The van der Waals surface area contributed by atoms with Gasteiger partial charge in [0.25, 0.3) is 0 Å². The zero-order chi connectivity index (χ0) is 23.4. The predicted molar refractivity (Wildman–Crippen MR) is 124 cm³/mol. The number of carbonyl (C=O) groups is 1. The Hall–Kier alpha value is -3.12. The van der Waals surface area contributed by atoms with Gasteiger partial charge in [-0.1, -0.05) is 11.6 Å². The lowest BCUT2D eigenvalue weighted by Crippen LogP contribution is -2.41. The highest BCUT2D eigenvalue weighted by Crippen LogP contribution is 2.47. The summed E-state index contributed by atoms with van der Waals surface area (Å²) in [5.74, 6) is 1.48. The van der Waals surface area contributed by atoms with E-state index in [2.05, 4.69) is 40.2 Å². The first-order valence-electron chi connectivity index (χ1n) is 12.4. The Kier molecular flexibility index (Phi) is 5.03. The molecule has 3 aromatic heterocycles. The van der Waals surface area contributed by atoms with Gasteiger partial charge in [0.1, 0.15) is 11.9 Å². The van der Waals surface area contributed by atoms with E-state index in [9.17, 15) is 10.1 Å². The number of ketones is 1. The maximum Gasteiger partial charge on any atom is 0.184 e. The monoisotopic (exact) mass is 459 g/mol. The van der Waals surface area contributed by atoms with Crippen LogP contribution in [0.15, 0.2) is 10.7 Å². The summed E-state index contributed by atoms with van der Waals surface area (Å²) in [5, 5.41) is 19.3. The van der Waals surface area contributed by atoms with Crippen molar-refractivity contribution >= 4 is 16.8 Å². The molecule has 2 aliphatic carbocycles. The van der Waals surface area contributed by atoms with Gasteiger partial charge >= 0.3 is 0 Å². The number of aromatic nitrogens is 5. The molecule has 1 aliphatic heterocycles. The van der Waals surface area contributed by atoms with Crippen LogP contribution in [-0.2, 0) is 16.6 Å². The maximum atomic E-state index is 13.0. The smallest absolute Gasteiger partial charge is 0.184 e. The summed E-state index contributed by atoms with van der Waals surface area (Å²) in [5.41, 5.74) is 2.04. The number of rotatable bonds is 3. The van der Waals surface area contributed by atoms with Gasteiger partial charge in [-0.2, -0.15) is 10.4 Å². The van der Waals surface area contributed by atoms with Crippen molar-refractivity contribution in [2.45, 2.75) is 82.2 Å². The average molecular weight is 460 g/mol. The summed E-state index contributed by atoms with van der Waals surface area (Å²) >= 11 is 0. The Labute approximate surface area is 198 Å². The predicted octanol–water partition coefficient (Wildman–Crippen LogP) is 3.73. The fourth-order valence-electron chi connectivity index (χ4n) is 6.48. The van der Waals surface area contributed by atoms with Crippen LogP contribution >= 0.6 is 0 Å². The van der Waals surface area contributed by atoms with E-state index in [0.29, 0.717) is 40.7 Å². The van der Waals surface area contributed by atoms with E-state index in [4.69, 9.17) is 9.51 Å². The minimum absolute atomic E-state index is 0.0641. The van der Waals surface area contributed by atoms with E-state index < -0.39 is 5.41 Å². The number of hydrogen-bond donors (Lipinski definition) is 0. The molecular formula is C25H29N7O2. The van der Waals surface area contributed by atoms with Gasteiger partial charge in [0.05, 0.1) is 16.8 Å². The van der Waals surface area contributed by atoms with Crippen LogP contribution in [0.4, 0.5) is 0 Å². The molecule has 3 aliphatic rings. The number of nitrogens with zero attached hydrogens (tertiary/aromatic N) is 7. The first kappa shape index (κ1) is 21.4. The van der Waals surface area contributed by atoms with Crippen LogP contribution in [0.2, 0.25) is 0 Å². The van der Waals surface area contributed by atoms with Crippen LogP contribution < -0.4 is 0 Å². The Balaban J connectivity index is 1.45. The highest BCUT2D eigenvalue weighted by molar-refractivity contribution is 5.91. The molecule has 9 nitrogen and oxygen atoms in total. The third-order valence-corrected chi connectivity index (χ3v) is 8.33. The van der Waals surface area contributed by atoms with E-state index in [1.54, 1.807) is 6.20 Å². The second kappa shape index (κ2) is 7.98. The molecule has 9 heteroatoms. The highest BCUT2D eigenvalue weighted by atomic mass is 16.5. The third-order valence-electron chi connectivity index (χ3n) is 8.33. The molecule has 0 unspecified atom stereocenters. The van der Waals surface area contributed by atoms with Gasteiger partial charge in [0.15, 0.2) is 28.6 Å². The van der Waals surface area contributed by atoms with E-state index >= 15 is 0 Å². The fourth-order valence-corrected chi connectivity index (χ4v) is 6.48. The van der Waals surface area contributed by atoms with Crippen LogP contribution in [0.5, 0.6) is 0 Å². The molecule has 0 aromatic carbocycles. The number of fused-ring (bicyclic) bond motifs is 3. The lowest BCUT2D eigenvalue weighted by atomic mass is 9.64. The molecule has 0 radical (unpaired) electrons. The van der Waals surface area contributed by atoms with E-state index in [0.717, 1.165) is 69.2 Å². The second-order valence-corrected chi connectivity index (χ2v) is 10.2. The Morgan fingerprint density at radius 3 is 2.85 bits per heavy atom. The number of carbonyl (C=O) groups excluding carboxylic acids is 1. The largest absolute Gasteiger partial charge is 0.359 e. The molecule has 3 atom stereocenters. The van der Waals surface area contributed by atoms with Gasteiger partial charge in [-0.25, -0.2) is 14.6 Å². The quantitative estimate of drug-likeness (QED) is 0.582. The van der Waals surface area contributed by atoms with Gasteiger partial charge < -0.3 is 9.42 Å². The summed E-state index contributed by atoms with van der Waals surface area (Å²) in [6.07, 6.45) is 9.91. The summed E-state index contributed by atoms with van der Waals surface area (Å²) < 4.78 is 7.76. The van der Waals surface area contributed by atoms with Gasteiger partial charge in [0, 0.05) is 24.2 Å². The van der Waals surface area contributed by atoms with Crippen molar-refractivity contribution in [3.63, 3.8) is 0 Å². The van der Waals surface area contributed by atoms with Crippen molar-refractivity contribution in [2.24, 2.45) is 0 Å². The third kappa shape index (κ3) is 3.04. The zero-order valence-electron chi connectivity index (χ0n) is 19.8. The molecule has 1 saturated heterocycles. The van der Waals surface area contributed by atoms with Gasteiger partial charge in [0.2, 0.25) is 0 Å². The van der Waals surface area contributed by atoms with Crippen LogP contribution in [0.25, 0.3) is 22.6 Å². The Morgan fingerprint density at radius 1 is 1.24 bits per heavy atom. The summed E-state index contributed by atoms with van der Waals surface area (Å²) in [6, 6.07) is 2.60. The van der Waals surface area contributed by atoms with Crippen molar-refractivity contribution in [2.75, 3.05) is 13.6 Å². The fraction of sp³-hybridized carbons (Fsp3) is 0.600. The molecule has 4 heterocycles. The van der Waals surface area contributed by atoms with Crippen molar-refractivity contribution in [3.05, 3.63) is 23.2 Å². The molecule has 0 amide bonds. The van der Waals surface area contributed by atoms with Crippen molar-refractivity contribution < 1.29 is 9.32 Å². The van der Waals surface area contributed by atoms with Crippen molar-refractivity contribution in [1.82, 2.24) is 29.8 Å². The normalized spacial score (nSPS) is 26.1. The average Bonchev–Trinajstić information content (AvgIpc) is 3.57. The molecule has 6 rings (SSSR count). The molecule has 2 fully saturated rings. The Bertz CT molecular complexity index is 1320. The number of nitriles is 1. The SMILES string of the molecule is C[C@@H]([C@@H]1CCCN1C)n1nc(C#N)c2cnc(-c3noc4c3CCC[C@@]43CCCCC3=O)nc21. The Morgan fingerprint density at radius 2 is 2.09 bits per heavy atom. The van der Waals surface area contributed by atoms with Crippen LogP contribution in [0, 0.1) is 11.3 Å². The first-order valence-corrected chi connectivity index (χ1v) is 12.4. The number of Topliss-reactive ketones (excluding diaryl/α,β-unsaturated/α-hetero) is 1. The first-order chi connectivity index (χ1) is 16.5.